The zero-order valence-corrected chi connectivity index (χ0v) is 15.0. The van der Waals surface area contributed by atoms with Crippen LogP contribution in [0.15, 0.2) is 36.8 Å². The predicted octanol–water partition coefficient (Wildman–Crippen LogP) is 3.58. The van der Waals surface area contributed by atoms with Gasteiger partial charge in [0.15, 0.2) is 0 Å². The van der Waals surface area contributed by atoms with Gasteiger partial charge in [0.05, 0.1) is 17.2 Å². The number of nitrogens with zero attached hydrogens (tertiary/aromatic N) is 3. The number of anilines is 1. The van der Waals surface area contributed by atoms with Crippen molar-refractivity contribution in [1.29, 1.82) is 0 Å². The third-order valence-corrected chi connectivity index (χ3v) is 6.02. The molecule has 138 valence electrons. The Balaban J connectivity index is 1.26. The molecule has 0 spiro atoms. The average molecular weight is 362 g/mol. The van der Waals surface area contributed by atoms with Gasteiger partial charge in [-0.25, -0.2) is 9.78 Å². The lowest BCUT2D eigenvalue weighted by Gasteiger charge is -2.21. The number of carbonyl (C=O) groups is 1. The minimum atomic E-state index is -0.191. The number of aromatic nitrogens is 4. The number of aromatic amines is 1. The van der Waals surface area contributed by atoms with Crippen molar-refractivity contribution in [2.45, 2.75) is 25.7 Å². The van der Waals surface area contributed by atoms with Gasteiger partial charge in [0.1, 0.15) is 5.82 Å². The molecule has 2 bridgehead atoms. The number of hydrogen-bond acceptors (Lipinski definition) is 4. The van der Waals surface area contributed by atoms with Crippen LogP contribution in [0.3, 0.4) is 0 Å². The van der Waals surface area contributed by atoms with E-state index in [1.807, 2.05) is 18.3 Å². The highest BCUT2D eigenvalue weighted by Crippen LogP contribution is 2.47. The molecule has 3 atom stereocenters. The molecule has 3 aromatic rings. The summed E-state index contributed by atoms with van der Waals surface area (Å²) >= 11 is 0. The SMILES string of the molecule is O=C(NCC1C[C@@H]2CC[C@H]1C2)Nc1ccc2ncc(-c3cn[nH]c3)cc2n1. The van der Waals surface area contributed by atoms with Crippen molar-refractivity contribution in [3.8, 4) is 11.1 Å². The van der Waals surface area contributed by atoms with E-state index in [9.17, 15) is 4.79 Å². The van der Waals surface area contributed by atoms with Gasteiger partial charge in [-0.1, -0.05) is 6.42 Å². The molecule has 0 aliphatic heterocycles. The topological polar surface area (TPSA) is 95.6 Å². The van der Waals surface area contributed by atoms with E-state index in [1.165, 1.54) is 25.7 Å². The maximum absolute atomic E-state index is 12.3. The van der Waals surface area contributed by atoms with Gasteiger partial charge < -0.3 is 5.32 Å². The highest BCUT2D eigenvalue weighted by atomic mass is 16.2. The molecule has 7 nitrogen and oxygen atoms in total. The number of rotatable bonds is 4. The number of hydrogen-bond donors (Lipinski definition) is 3. The summed E-state index contributed by atoms with van der Waals surface area (Å²) in [5.74, 6) is 2.87. The fourth-order valence-corrected chi connectivity index (χ4v) is 4.65. The van der Waals surface area contributed by atoms with E-state index in [-0.39, 0.29) is 6.03 Å². The number of amides is 2. The first-order chi connectivity index (χ1) is 13.2. The fraction of sp³-hybridized carbons (Fsp3) is 0.400. The Morgan fingerprint density at radius 1 is 1.15 bits per heavy atom. The molecular formula is C20H22N6O. The van der Waals surface area contributed by atoms with Crippen LogP contribution < -0.4 is 10.6 Å². The first kappa shape index (κ1) is 16.2. The van der Waals surface area contributed by atoms with Crippen molar-refractivity contribution in [2.75, 3.05) is 11.9 Å². The lowest BCUT2D eigenvalue weighted by Crippen LogP contribution is -2.34. The number of carbonyl (C=O) groups excluding carboxylic acids is 1. The first-order valence-electron chi connectivity index (χ1n) is 9.55. The van der Waals surface area contributed by atoms with Crippen LogP contribution in [0, 0.1) is 17.8 Å². The zero-order valence-electron chi connectivity index (χ0n) is 15.0. The van der Waals surface area contributed by atoms with Gasteiger partial charge in [0.25, 0.3) is 0 Å². The van der Waals surface area contributed by atoms with Gasteiger partial charge in [-0.3, -0.25) is 15.4 Å². The maximum Gasteiger partial charge on any atom is 0.320 e. The van der Waals surface area contributed by atoms with Gasteiger partial charge in [-0.2, -0.15) is 5.10 Å². The van der Waals surface area contributed by atoms with E-state index >= 15 is 0 Å². The van der Waals surface area contributed by atoms with E-state index in [1.54, 1.807) is 18.5 Å². The van der Waals surface area contributed by atoms with Crippen LogP contribution in [-0.4, -0.2) is 32.7 Å². The zero-order chi connectivity index (χ0) is 18.2. The second kappa shape index (κ2) is 6.64. The number of nitrogens with one attached hydrogen (secondary N) is 3. The highest BCUT2D eigenvalue weighted by Gasteiger charge is 2.39. The third kappa shape index (κ3) is 3.25. The molecule has 0 aromatic carbocycles. The van der Waals surface area contributed by atoms with Gasteiger partial charge >= 0.3 is 6.03 Å². The monoisotopic (exact) mass is 362 g/mol. The highest BCUT2D eigenvalue weighted by molar-refractivity contribution is 5.90. The summed E-state index contributed by atoms with van der Waals surface area (Å²) in [5, 5.41) is 12.6. The van der Waals surface area contributed by atoms with E-state index in [0.29, 0.717) is 11.7 Å². The average Bonchev–Trinajstić information content (AvgIpc) is 3.43. The molecule has 0 radical (unpaired) electrons. The Morgan fingerprint density at radius 3 is 2.89 bits per heavy atom. The Morgan fingerprint density at radius 2 is 2.11 bits per heavy atom. The van der Waals surface area contributed by atoms with Gasteiger partial charge in [0.2, 0.25) is 0 Å². The first-order valence-corrected chi connectivity index (χ1v) is 9.55. The maximum atomic E-state index is 12.3. The lowest BCUT2D eigenvalue weighted by molar-refractivity contribution is 0.245. The Bertz CT molecular complexity index is 970. The van der Waals surface area contributed by atoms with Crippen molar-refractivity contribution < 1.29 is 4.79 Å². The number of fused-ring (bicyclic) bond motifs is 3. The van der Waals surface area contributed by atoms with E-state index in [2.05, 4.69) is 30.8 Å². The van der Waals surface area contributed by atoms with Crippen LogP contribution in [0.1, 0.15) is 25.7 Å². The minimum Gasteiger partial charge on any atom is -0.338 e. The van der Waals surface area contributed by atoms with E-state index in [4.69, 9.17) is 0 Å². The predicted molar refractivity (Wildman–Crippen MR) is 103 cm³/mol. The number of urea groups is 1. The molecule has 27 heavy (non-hydrogen) atoms. The van der Waals surface area contributed by atoms with Crippen LogP contribution in [0.25, 0.3) is 22.2 Å². The molecule has 2 fully saturated rings. The van der Waals surface area contributed by atoms with Gasteiger partial charge in [-0.05, 0) is 55.2 Å². The standard InChI is InChI=1S/C20H22N6O/c27-20(22-9-14-6-12-1-2-13(14)5-12)26-19-4-3-17-18(25-19)7-15(8-21-17)16-10-23-24-11-16/h3-4,7-8,10-14H,1-2,5-6,9H2,(H,23,24)(H2,22,25,26,27)/t12-,13+,14?/m1/s1. The fourth-order valence-electron chi connectivity index (χ4n) is 4.65. The summed E-state index contributed by atoms with van der Waals surface area (Å²) in [4.78, 5) is 21.2. The molecule has 5 rings (SSSR count). The molecule has 3 N–H and O–H groups in total. The van der Waals surface area contributed by atoms with Crippen LogP contribution in [0.4, 0.5) is 10.6 Å². The molecule has 0 saturated heterocycles. The van der Waals surface area contributed by atoms with Crippen LogP contribution in [0.5, 0.6) is 0 Å². The van der Waals surface area contributed by atoms with E-state index in [0.717, 1.165) is 40.5 Å². The molecular weight excluding hydrogens is 340 g/mol. The Hall–Kier alpha value is -2.96. The summed E-state index contributed by atoms with van der Waals surface area (Å²) in [5.41, 5.74) is 3.41. The van der Waals surface area contributed by atoms with Gasteiger partial charge in [-0.15, -0.1) is 0 Å². The second-order valence-corrected chi connectivity index (χ2v) is 7.72. The molecule has 2 aliphatic carbocycles. The van der Waals surface area contributed by atoms with Crippen LogP contribution in [0.2, 0.25) is 0 Å². The van der Waals surface area contributed by atoms with Crippen molar-refractivity contribution >= 4 is 22.9 Å². The van der Waals surface area contributed by atoms with Crippen molar-refractivity contribution in [1.82, 2.24) is 25.5 Å². The molecule has 7 heteroatoms. The van der Waals surface area contributed by atoms with E-state index < -0.39 is 0 Å². The number of pyridine rings is 2. The van der Waals surface area contributed by atoms with Crippen molar-refractivity contribution in [3.05, 3.63) is 36.8 Å². The summed E-state index contributed by atoms with van der Waals surface area (Å²) in [7, 11) is 0. The summed E-state index contributed by atoms with van der Waals surface area (Å²) in [6.45, 7) is 0.757. The van der Waals surface area contributed by atoms with Crippen LogP contribution >= 0.6 is 0 Å². The quantitative estimate of drug-likeness (QED) is 0.661. The Kier molecular flexibility index (Phi) is 3.99. The van der Waals surface area contributed by atoms with Crippen molar-refractivity contribution in [3.63, 3.8) is 0 Å². The molecule has 3 aromatic heterocycles. The molecule has 1 unspecified atom stereocenters. The molecule has 2 amide bonds. The second-order valence-electron chi connectivity index (χ2n) is 7.72. The summed E-state index contributed by atoms with van der Waals surface area (Å²) in [6, 6.07) is 5.41. The normalized spacial score (nSPS) is 23.6. The summed E-state index contributed by atoms with van der Waals surface area (Å²) in [6.07, 6.45) is 10.7. The Labute approximate surface area is 157 Å². The molecule has 2 aliphatic rings. The van der Waals surface area contributed by atoms with Crippen molar-refractivity contribution in [2.24, 2.45) is 17.8 Å². The van der Waals surface area contributed by atoms with Gasteiger partial charge in [0, 0.05) is 30.1 Å². The minimum absolute atomic E-state index is 0.191. The smallest absolute Gasteiger partial charge is 0.320 e. The summed E-state index contributed by atoms with van der Waals surface area (Å²) < 4.78 is 0. The third-order valence-electron chi connectivity index (χ3n) is 6.02. The lowest BCUT2D eigenvalue weighted by atomic mass is 9.89. The molecule has 2 saturated carbocycles. The largest absolute Gasteiger partial charge is 0.338 e. The van der Waals surface area contributed by atoms with Crippen LogP contribution in [-0.2, 0) is 0 Å². The molecule has 3 heterocycles. The number of H-pyrrole nitrogens is 1.